The van der Waals surface area contributed by atoms with Crippen LogP contribution in [-0.2, 0) is 0 Å². The van der Waals surface area contributed by atoms with Crippen molar-refractivity contribution in [3.05, 3.63) is 176 Å². The maximum atomic E-state index is 6.65. The van der Waals surface area contributed by atoms with E-state index in [0.717, 1.165) is 77.0 Å². The second-order valence-electron chi connectivity index (χ2n) is 12.9. The molecule has 0 bridgehead atoms. The highest BCUT2D eigenvalue weighted by atomic mass is 16.3. The minimum Gasteiger partial charge on any atom is -0.456 e. The van der Waals surface area contributed by atoms with Crippen molar-refractivity contribution < 1.29 is 4.42 Å². The Balaban J connectivity index is 1.24. The van der Waals surface area contributed by atoms with Gasteiger partial charge in [-0.2, -0.15) is 0 Å². The van der Waals surface area contributed by atoms with Crippen molar-refractivity contribution in [3.63, 3.8) is 0 Å². The van der Waals surface area contributed by atoms with E-state index >= 15 is 0 Å². The molecule has 0 aliphatic carbocycles. The van der Waals surface area contributed by atoms with Gasteiger partial charge in [-0.1, -0.05) is 146 Å². The standard InChI is InChI=1S/C47H29N3O/c1-3-11-30(12-4-1)33-19-22-34(23-20-33)45-48-46(38-24-21-32-15-7-8-16-35(32)25-38)50-47(49-45)41-27-39(31-13-5-2-6-14-31)29-43-44(41)40-26-36-17-9-10-18-37(36)28-42(40)51-43/h1-29H. The van der Waals surface area contributed by atoms with Crippen molar-refractivity contribution in [3.8, 4) is 56.4 Å². The van der Waals surface area contributed by atoms with E-state index < -0.39 is 0 Å². The molecule has 51 heavy (non-hydrogen) atoms. The minimum atomic E-state index is 0.592. The monoisotopic (exact) mass is 651 g/mol. The third-order valence-electron chi connectivity index (χ3n) is 9.68. The molecular formula is C47H29N3O. The summed E-state index contributed by atoms with van der Waals surface area (Å²) >= 11 is 0. The Morgan fingerprint density at radius 3 is 1.53 bits per heavy atom. The van der Waals surface area contributed by atoms with Gasteiger partial charge in [0.2, 0.25) is 0 Å². The van der Waals surface area contributed by atoms with Gasteiger partial charge in [-0.25, -0.2) is 15.0 Å². The van der Waals surface area contributed by atoms with Crippen LogP contribution in [0.4, 0.5) is 0 Å². The number of nitrogens with zero attached hydrogens (tertiary/aromatic N) is 3. The number of aromatic nitrogens is 3. The van der Waals surface area contributed by atoms with E-state index in [1.54, 1.807) is 0 Å². The summed E-state index contributed by atoms with van der Waals surface area (Å²) in [5.41, 5.74) is 8.78. The van der Waals surface area contributed by atoms with Gasteiger partial charge in [0.25, 0.3) is 0 Å². The molecule has 0 saturated heterocycles. The summed E-state index contributed by atoms with van der Waals surface area (Å²) in [4.78, 5) is 15.6. The summed E-state index contributed by atoms with van der Waals surface area (Å²) < 4.78 is 6.65. The van der Waals surface area contributed by atoms with Crippen molar-refractivity contribution in [1.82, 2.24) is 15.0 Å². The highest BCUT2D eigenvalue weighted by molar-refractivity contribution is 6.16. The number of hydrogen-bond acceptors (Lipinski definition) is 4. The lowest BCUT2D eigenvalue weighted by molar-refractivity contribution is 0.669. The Labute approximate surface area is 294 Å². The smallest absolute Gasteiger partial charge is 0.164 e. The molecule has 2 aromatic heterocycles. The van der Waals surface area contributed by atoms with Crippen molar-refractivity contribution in [2.45, 2.75) is 0 Å². The number of benzene rings is 8. The Bertz CT molecular complexity index is 2900. The largest absolute Gasteiger partial charge is 0.456 e. The van der Waals surface area contributed by atoms with E-state index in [0.29, 0.717) is 17.5 Å². The van der Waals surface area contributed by atoms with Crippen LogP contribution in [0, 0.1) is 0 Å². The van der Waals surface area contributed by atoms with E-state index in [9.17, 15) is 0 Å². The topological polar surface area (TPSA) is 51.8 Å². The van der Waals surface area contributed by atoms with Crippen LogP contribution < -0.4 is 0 Å². The zero-order chi connectivity index (χ0) is 33.7. The van der Waals surface area contributed by atoms with Gasteiger partial charge in [0.1, 0.15) is 11.2 Å². The first-order valence-corrected chi connectivity index (χ1v) is 17.1. The SMILES string of the molecule is c1ccc(-c2ccc(-c3nc(-c4ccc5ccccc5c4)nc(-c4cc(-c5ccccc5)cc5oc6cc7ccccc7cc6c45)n3)cc2)cc1. The average molecular weight is 652 g/mol. The summed E-state index contributed by atoms with van der Waals surface area (Å²) in [7, 11) is 0. The first-order valence-electron chi connectivity index (χ1n) is 17.1. The van der Waals surface area contributed by atoms with Gasteiger partial charge in [-0.15, -0.1) is 0 Å². The summed E-state index contributed by atoms with van der Waals surface area (Å²) in [6.07, 6.45) is 0. The molecule has 0 spiro atoms. The van der Waals surface area contributed by atoms with E-state index in [4.69, 9.17) is 19.4 Å². The Morgan fingerprint density at radius 1 is 0.314 bits per heavy atom. The van der Waals surface area contributed by atoms with Crippen molar-refractivity contribution in [2.24, 2.45) is 0 Å². The Kier molecular flexibility index (Phi) is 6.78. The predicted molar refractivity (Wildman–Crippen MR) is 209 cm³/mol. The van der Waals surface area contributed by atoms with Crippen LogP contribution in [0.25, 0.3) is 99.9 Å². The molecular weight excluding hydrogens is 623 g/mol. The third kappa shape index (κ3) is 5.22. The van der Waals surface area contributed by atoms with E-state index in [1.165, 1.54) is 5.39 Å². The van der Waals surface area contributed by atoms with Crippen molar-refractivity contribution >= 4 is 43.5 Å². The molecule has 0 radical (unpaired) electrons. The summed E-state index contributed by atoms with van der Waals surface area (Å²) in [5, 5.41) is 6.59. The molecule has 0 aliphatic rings. The quantitative estimate of drug-likeness (QED) is 0.186. The molecule has 0 atom stereocenters. The van der Waals surface area contributed by atoms with Crippen molar-refractivity contribution in [2.75, 3.05) is 0 Å². The van der Waals surface area contributed by atoms with Gasteiger partial charge in [0, 0.05) is 27.5 Å². The molecule has 0 saturated carbocycles. The Morgan fingerprint density at radius 2 is 0.824 bits per heavy atom. The Hall–Kier alpha value is -6.91. The maximum absolute atomic E-state index is 6.65. The average Bonchev–Trinajstić information content (AvgIpc) is 3.57. The second-order valence-corrected chi connectivity index (χ2v) is 12.9. The van der Waals surface area contributed by atoms with Gasteiger partial charge in [-0.05, 0) is 74.1 Å². The fraction of sp³-hybridized carbons (Fsp3) is 0. The molecule has 0 aliphatic heterocycles. The predicted octanol–water partition coefficient (Wildman–Crippen LogP) is 12.4. The van der Waals surface area contributed by atoms with Gasteiger partial charge in [0.05, 0.1) is 0 Å². The molecule has 0 amide bonds. The molecule has 10 aromatic rings. The molecule has 0 unspecified atom stereocenters. The zero-order valence-corrected chi connectivity index (χ0v) is 27.5. The molecule has 2 heterocycles. The van der Waals surface area contributed by atoms with Gasteiger partial charge < -0.3 is 4.42 Å². The highest BCUT2D eigenvalue weighted by Gasteiger charge is 2.20. The van der Waals surface area contributed by atoms with Crippen LogP contribution in [0.5, 0.6) is 0 Å². The van der Waals surface area contributed by atoms with E-state index in [-0.39, 0.29) is 0 Å². The normalized spacial score (nSPS) is 11.5. The van der Waals surface area contributed by atoms with Crippen LogP contribution in [0.1, 0.15) is 0 Å². The highest BCUT2D eigenvalue weighted by Crippen LogP contribution is 2.41. The van der Waals surface area contributed by atoms with Crippen LogP contribution in [0.3, 0.4) is 0 Å². The molecule has 4 heteroatoms. The fourth-order valence-electron chi connectivity index (χ4n) is 7.09. The number of fused-ring (bicyclic) bond motifs is 5. The lowest BCUT2D eigenvalue weighted by atomic mass is 9.97. The van der Waals surface area contributed by atoms with Gasteiger partial charge in [0.15, 0.2) is 17.5 Å². The first-order chi connectivity index (χ1) is 25.2. The summed E-state index contributed by atoms with van der Waals surface area (Å²) in [6.45, 7) is 0. The van der Waals surface area contributed by atoms with E-state index in [2.05, 4.69) is 164 Å². The summed E-state index contributed by atoms with van der Waals surface area (Å²) in [6, 6.07) is 61.1. The lowest BCUT2D eigenvalue weighted by Crippen LogP contribution is -2.01. The molecule has 0 fully saturated rings. The maximum Gasteiger partial charge on any atom is 0.164 e. The van der Waals surface area contributed by atoms with Gasteiger partial charge >= 0.3 is 0 Å². The number of hydrogen-bond donors (Lipinski definition) is 0. The fourth-order valence-corrected chi connectivity index (χ4v) is 7.09. The second kappa shape index (κ2) is 11.9. The zero-order valence-electron chi connectivity index (χ0n) is 27.5. The third-order valence-corrected chi connectivity index (χ3v) is 9.68. The molecule has 238 valence electrons. The van der Waals surface area contributed by atoms with Crippen LogP contribution in [0.15, 0.2) is 180 Å². The van der Waals surface area contributed by atoms with Gasteiger partial charge in [-0.3, -0.25) is 0 Å². The van der Waals surface area contributed by atoms with Crippen molar-refractivity contribution in [1.29, 1.82) is 0 Å². The van der Waals surface area contributed by atoms with Crippen LogP contribution >= 0.6 is 0 Å². The molecule has 4 nitrogen and oxygen atoms in total. The molecule has 8 aromatic carbocycles. The number of rotatable bonds is 5. The first kappa shape index (κ1) is 29.0. The van der Waals surface area contributed by atoms with Crippen LogP contribution in [-0.4, -0.2) is 15.0 Å². The molecule has 0 N–H and O–H groups in total. The van der Waals surface area contributed by atoms with Crippen LogP contribution in [0.2, 0.25) is 0 Å². The van der Waals surface area contributed by atoms with E-state index in [1.807, 2.05) is 12.1 Å². The minimum absolute atomic E-state index is 0.592. The summed E-state index contributed by atoms with van der Waals surface area (Å²) in [5.74, 6) is 1.82. The number of furan rings is 1. The molecule has 10 rings (SSSR count). The lowest BCUT2D eigenvalue weighted by Gasteiger charge is -2.12.